The minimum atomic E-state index is -0.476. The van der Waals surface area contributed by atoms with Gasteiger partial charge in [-0.25, -0.2) is 4.98 Å². The van der Waals surface area contributed by atoms with E-state index in [-0.39, 0.29) is 0 Å². The summed E-state index contributed by atoms with van der Waals surface area (Å²) >= 11 is 0. The van der Waals surface area contributed by atoms with E-state index >= 15 is 0 Å². The number of anilines is 1. The Labute approximate surface area is 106 Å². The Morgan fingerprint density at radius 1 is 1.28 bits per heavy atom. The van der Waals surface area contributed by atoms with Gasteiger partial charge in [-0.1, -0.05) is 24.3 Å². The summed E-state index contributed by atoms with van der Waals surface area (Å²) in [5, 5.41) is 3.14. The van der Waals surface area contributed by atoms with E-state index < -0.39 is 5.91 Å². The molecule has 0 unspecified atom stereocenters. The monoisotopic (exact) mass is 241 g/mol. The van der Waals surface area contributed by atoms with E-state index in [4.69, 9.17) is 5.73 Å². The number of hydrogen-bond donors (Lipinski definition) is 2. The fourth-order valence-electron chi connectivity index (χ4n) is 1.73. The number of nitrogens with zero attached hydrogens (tertiary/aromatic N) is 1. The minimum absolute atomic E-state index is 0.408. The second kappa shape index (κ2) is 5.31. The summed E-state index contributed by atoms with van der Waals surface area (Å²) < 4.78 is 0. The molecule has 1 heterocycles. The van der Waals surface area contributed by atoms with Crippen LogP contribution in [0.1, 0.15) is 21.5 Å². The Bertz CT molecular complexity index is 566. The molecule has 1 aromatic heterocycles. The lowest BCUT2D eigenvalue weighted by Gasteiger charge is -2.10. The number of aromatic nitrogens is 1. The van der Waals surface area contributed by atoms with Crippen molar-refractivity contribution in [1.82, 2.24) is 4.98 Å². The van der Waals surface area contributed by atoms with Gasteiger partial charge in [0.05, 0.1) is 5.56 Å². The van der Waals surface area contributed by atoms with Gasteiger partial charge in [-0.3, -0.25) is 4.79 Å². The van der Waals surface area contributed by atoms with Gasteiger partial charge in [-0.2, -0.15) is 0 Å². The Hall–Kier alpha value is -2.36. The van der Waals surface area contributed by atoms with Crippen LogP contribution < -0.4 is 11.1 Å². The predicted octanol–water partition coefficient (Wildman–Crippen LogP) is 2.10. The van der Waals surface area contributed by atoms with Crippen LogP contribution in [0.15, 0.2) is 42.6 Å². The highest BCUT2D eigenvalue weighted by Crippen LogP contribution is 2.13. The predicted molar refractivity (Wildman–Crippen MR) is 71.3 cm³/mol. The standard InChI is InChI=1S/C14H15N3O/c1-10-5-2-3-6-11(10)9-17-14-12(13(15)18)7-4-8-16-14/h2-8H,9H2,1H3,(H2,15,18)(H,16,17). The first-order valence-corrected chi connectivity index (χ1v) is 5.71. The van der Waals surface area contributed by atoms with Gasteiger partial charge < -0.3 is 11.1 Å². The van der Waals surface area contributed by atoms with Gasteiger partial charge in [-0.15, -0.1) is 0 Å². The van der Waals surface area contributed by atoms with E-state index in [1.54, 1.807) is 18.3 Å². The molecule has 0 saturated carbocycles. The molecule has 0 atom stereocenters. The Morgan fingerprint density at radius 3 is 2.78 bits per heavy atom. The molecule has 4 heteroatoms. The lowest BCUT2D eigenvalue weighted by molar-refractivity contribution is 0.100. The third-order valence-corrected chi connectivity index (χ3v) is 2.78. The van der Waals surface area contributed by atoms with Crippen LogP contribution in [0.2, 0.25) is 0 Å². The smallest absolute Gasteiger partial charge is 0.252 e. The largest absolute Gasteiger partial charge is 0.365 e. The van der Waals surface area contributed by atoms with Crippen molar-refractivity contribution >= 4 is 11.7 Å². The van der Waals surface area contributed by atoms with Crippen LogP contribution in [0.4, 0.5) is 5.82 Å². The lowest BCUT2D eigenvalue weighted by atomic mass is 10.1. The van der Waals surface area contributed by atoms with Crippen molar-refractivity contribution in [2.24, 2.45) is 5.73 Å². The third-order valence-electron chi connectivity index (χ3n) is 2.78. The molecule has 0 aliphatic heterocycles. The van der Waals surface area contributed by atoms with Crippen molar-refractivity contribution in [3.8, 4) is 0 Å². The fraction of sp³-hybridized carbons (Fsp3) is 0.143. The molecular weight excluding hydrogens is 226 g/mol. The Balaban J connectivity index is 2.16. The molecule has 1 aromatic carbocycles. The zero-order valence-electron chi connectivity index (χ0n) is 10.2. The van der Waals surface area contributed by atoms with Gasteiger partial charge in [0.1, 0.15) is 5.82 Å². The molecule has 2 rings (SSSR count). The normalized spacial score (nSPS) is 10.1. The summed E-state index contributed by atoms with van der Waals surface area (Å²) in [6, 6.07) is 11.4. The average molecular weight is 241 g/mol. The number of aryl methyl sites for hydroxylation is 1. The number of carbonyl (C=O) groups excluding carboxylic acids is 1. The van der Waals surface area contributed by atoms with Crippen molar-refractivity contribution in [3.05, 3.63) is 59.3 Å². The van der Waals surface area contributed by atoms with Crippen LogP contribution in [0.25, 0.3) is 0 Å². The molecule has 0 spiro atoms. The number of nitrogens with two attached hydrogens (primary N) is 1. The zero-order valence-corrected chi connectivity index (χ0v) is 10.2. The minimum Gasteiger partial charge on any atom is -0.365 e. The fourth-order valence-corrected chi connectivity index (χ4v) is 1.73. The second-order valence-corrected chi connectivity index (χ2v) is 4.04. The van der Waals surface area contributed by atoms with Crippen LogP contribution in [0, 0.1) is 6.92 Å². The van der Waals surface area contributed by atoms with Crippen molar-refractivity contribution in [2.75, 3.05) is 5.32 Å². The zero-order chi connectivity index (χ0) is 13.0. The average Bonchev–Trinajstić information content (AvgIpc) is 2.38. The van der Waals surface area contributed by atoms with E-state index in [0.717, 1.165) is 0 Å². The summed E-state index contributed by atoms with van der Waals surface area (Å²) in [6.07, 6.45) is 1.63. The van der Waals surface area contributed by atoms with E-state index in [1.807, 2.05) is 31.2 Å². The van der Waals surface area contributed by atoms with Crippen LogP contribution >= 0.6 is 0 Å². The molecule has 0 aliphatic carbocycles. The Kier molecular flexibility index (Phi) is 3.57. The molecule has 1 amide bonds. The molecular formula is C14H15N3O. The summed E-state index contributed by atoms with van der Waals surface area (Å²) in [5.74, 6) is 0.0450. The van der Waals surface area contributed by atoms with Crippen molar-refractivity contribution < 1.29 is 4.79 Å². The molecule has 92 valence electrons. The number of hydrogen-bond acceptors (Lipinski definition) is 3. The molecule has 3 N–H and O–H groups in total. The molecule has 0 saturated heterocycles. The van der Waals surface area contributed by atoms with E-state index in [0.29, 0.717) is 17.9 Å². The maximum absolute atomic E-state index is 11.2. The van der Waals surface area contributed by atoms with Crippen molar-refractivity contribution in [2.45, 2.75) is 13.5 Å². The molecule has 2 aromatic rings. The summed E-state index contributed by atoms with van der Waals surface area (Å²) in [6.45, 7) is 2.66. The summed E-state index contributed by atoms with van der Waals surface area (Å²) in [5.41, 5.74) is 8.06. The number of nitrogens with one attached hydrogen (secondary N) is 1. The highest BCUT2D eigenvalue weighted by atomic mass is 16.1. The molecule has 0 bridgehead atoms. The van der Waals surface area contributed by atoms with Gasteiger partial charge in [0.25, 0.3) is 5.91 Å². The van der Waals surface area contributed by atoms with Gasteiger partial charge in [0.2, 0.25) is 0 Å². The molecule has 18 heavy (non-hydrogen) atoms. The third kappa shape index (κ3) is 2.66. The summed E-state index contributed by atoms with van der Waals surface area (Å²) in [7, 11) is 0. The Morgan fingerprint density at radius 2 is 2.06 bits per heavy atom. The number of carbonyl (C=O) groups is 1. The number of primary amides is 1. The quantitative estimate of drug-likeness (QED) is 0.861. The van der Waals surface area contributed by atoms with Gasteiger partial charge in [-0.05, 0) is 30.2 Å². The first kappa shape index (κ1) is 12.1. The molecule has 0 aliphatic rings. The summed E-state index contributed by atoms with van der Waals surface area (Å²) in [4.78, 5) is 15.4. The van der Waals surface area contributed by atoms with E-state index in [2.05, 4.69) is 10.3 Å². The van der Waals surface area contributed by atoms with E-state index in [9.17, 15) is 4.79 Å². The molecule has 0 fully saturated rings. The maximum Gasteiger partial charge on any atom is 0.252 e. The SMILES string of the molecule is Cc1ccccc1CNc1ncccc1C(N)=O. The highest BCUT2D eigenvalue weighted by Gasteiger charge is 2.08. The lowest BCUT2D eigenvalue weighted by Crippen LogP contribution is -2.15. The van der Waals surface area contributed by atoms with E-state index in [1.165, 1.54) is 11.1 Å². The highest BCUT2D eigenvalue weighted by molar-refractivity contribution is 5.97. The second-order valence-electron chi connectivity index (χ2n) is 4.04. The van der Waals surface area contributed by atoms with Crippen LogP contribution in [-0.2, 0) is 6.54 Å². The van der Waals surface area contributed by atoms with Gasteiger partial charge >= 0.3 is 0 Å². The number of benzene rings is 1. The number of pyridine rings is 1. The van der Waals surface area contributed by atoms with Crippen LogP contribution in [0.5, 0.6) is 0 Å². The molecule has 0 radical (unpaired) electrons. The first-order valence-electron chi connectivity index (χ1n) is 5.71. The number of amides is 1. The molecule has 4 nitrogen and oxygen atoms in total. The van der Waals surface area contributed by atoms with Crippen LogP contribution in [0.3, 0.4) is 0 Å². The first-order chi connectivity index (χ1) is 8.68. The maximum atomic E-state index is 11.2. The van der Waals surface area contributed by atoms with Crippen LogP contribution in [-0.4, -0.2) is 10.9 Å². The number of rotatable bonds is 4. The van der Waals surface area contributed by atoms with Crippen molar-refractivity contribution in [1.29, 1.82) is 0 Å². The topological polar surface area (TPSA) is 68.0 Å². The van der Waals surface area contributed by atoms with Gasteiger partial charge in [0, 0.05) is 12.7 Å². The van der Waals surface area contributed by atoms with Gasteiger partial charge in [0.15, 0.2) is 0 Å². The van der Waals surface area contributed by atoms with Crippen molar-refractivity contribution in [3.63, 3.8) is 0 Å².